The van der Waals surface area contributed by atoms with Crippen molar-refractivity contribution >= 4 is 59.8 Å². The Bertz CT molecular complexity index is 1500. The Kier molecular flexibility index (Phi) is 4.47. The van der Waals surface area contributed by atoms with Gasteiger partial charge < -0.3 is 0 Å². The van der Waals surface area contributed by atoms with Gasteiger partial charge in [0, 0.05) is 21.7 Å². The first-order valence-electron chi connectivity index (χ1n) is 9.16. The third kappa shape index (κ3) is 3.15. The molecule has 5 rings (SSSR count). The molecular weight excluding hydrogens is 456 g/mol. The molecule has 0 saturated carbocycles. The van der Waals surface area contributed by atoms with E-state index in [1.54, 1.807) is 18.2 Å². The summed E-state index contributed by atoms with van der Waals surface area (Å²) < 4.78 is 27.0. The molecule has 0 unspecified atom stereocenters. The summed E-state index contributed by atoms with van der Waals surface area (Å²) in [7, 11) is -3.92. The number of amides is 1. The van der Waals surface area contributed by atoms with Crippen molar-refractivity contribution < 1.29 is 18.0 Å². The van der Waals surface area contributed by atoms with E-state index in [-0.39, 0.29) is 32.3 Å². The molecule has 1 amide bonds. The van der Waals surface area contributed by atoms with Crippen molar-refractivity contribution in [3.05, 3.63) is 81.9 Å². The fourth-order valence-corrected chi connectivity index (χ4v) is 6.27. The van der Waals surface area contributed by atoms with E-state index in [2.05, 4.69) is 10.3 Å². The summed E-state index contributed by atoms with van der Waals surface area (Å²) in [6.07, 6.45) is 0. The van der Waals surface area contributed by atoms with Crippen LogP contribution in [0, 0.1) is 6.92 Å². The number of aromatic nitrogens is 1. The summed E-state index contributed by atoms with van der Waals surface area (Å²) in [5.41, 5.74) is 1.87. The molecule has 1 aliphatic rings. The van der Waals surface area contributed by atoms with E-state index in [0.29, 0.717) is 15.7 Å². The number of aryl methyl sites for hydroxylation is 1. The van der Waals surface area contributed by atoms with E-state index in [9.17, 15) is 18.0 Å². The quantitative estimate of drug-likeness (QED) is 0.398. The van der Waals surface area contributed by atoms with Gasteiger partial charge in [0.25, 0.3) is 5.91 Å². The highest BCUT2D eigenvalue weighted by atomic mass is 35.5. The predicted molar refractivity (Wildman–Crippen MR) is 119 cm³/mol. The molecule has 31 heavy (non-hydrogen) atoms. The van der Waals surface area contributed by atoms with Crippen LogP contribution in [0.3, 0.4) is 0 Å². The van der Waals surface area contributed by atoms with Gasteiger partial charge in [0.1, 0.15) is 0 Å². The van der Waals surface area contributed by atoms with Crippen molar-refractivity contribution in [3.63, 3.8) is 0 Å². The Labute approximate surface area is 186 Å². The van der Waals surface area contributed by atoms with E-state index in [4.69, 9.17) is 11.6 Å². The van der Waals surface area contributed by atoms with E-state index in [1.807, 2.05) is 13.0 Å². The second-order valence-electron chi connectivity index (χ2n) is 7.08. The molecule has 0 aliphatic carbocycles. The standard InChI is InChI=1S/C22H13ClN2O4S2/c1-11-8-17-16(10-15(11)23)24-22(30-17)25-21(27)12-6-7-14-19(9-12)31(28,29)18-5-3-2-4-13(18)20(14)26/h2-10H,1H3,(H,24,25,27). The first kappa shape index (κ1) is 19.9. The molecule has 4 aromatic rings. The topological polar surface area (TPSA) is 93.2 Å². The van der Waals surface area contributed by atoms with Gasteiger partial charge in [-0.15, -0.1) is 0 Å². The van der Waals surface area contributed by atoms with Gasteiger partial charge in [0.05, 0.1) is 20.0 Å². The van der Waals surface area contributed by atoms with Gasteiger partial charge in [0.2, 0.25) is 9.84 Å². The smallest absolute Gasteiger partial charge is 0.257 e. The highest BCUT2D eigenvalue weighted by Gasteiger charge is 2.35. The van der Waals surface area contributed by atoms with Gasteiger partial charge in [-0.05, 0) is 55.0 Å². The normalized spacial score (nSPS) is 14.2. The molecule has 9 heteroatoms. The van der Waals surface area contributed by atoms with Crippen molar-refractivity contribution in [1.82, 2.24) is 4.98 Å². The third-order valence-corrected chi connectivity index (χ3v) is 8.28. The molecule has 0 bridgehead atoms. The van der Waals surface area contributed by atoms with Crippen LogP contribution < -0.4 is 5.32 Å². The van der Waals surface area contributed by atoms with Crippen LogP contribution in [0.4, 0.5) is 5.13 Å². The van der Waals surface area contributed by atoms with Crippen LogP contribution in [0.1, 0.15) is 31.8 Å². The minimum atomic E-state index is -3.92. The van der Waals surface area contributed by atoms with Crippen LogP contribution in [-0.2, 0) is 9.84 Å². The van der Waals surface area contributed by atoms with Gasteiger partial charge in [-0.2, -0.15) is 0 Å². The zero-order valence-corrected chi connectivity index (χ0v) is 18.4. The Morgan fingerprint density at radius 3 is 2.58 bits per heavy atom. The molecule has 0 fully saturated rings. The Balaban J connectivity index is 1.52. The summed E-state index contributed by atoms with van der Waals surface area (Å²) in [6.45, 7) is 1.88. The molecule has 0 radical (unpaired) electrons. The van der Waals surface area contributed by atoms with Crippen molar-refractivity contribution in [2.75, 3.05) is 5.32 Å². The number of thiazole rings is 1. The predicted octanol–water partition coefficient (Wildman–Crippen LogP) is 4.89. The fraction of sp³-hybridized carbons (Fsp3) is 0.0455. The number of nitrogens with one attached hydrogen (secondary N) is 1. The number of fused-ring (bicyclic) bond motifs is 3. The number of carbonyl (C=O) groups excluding carboxylic acids is 2. The maximum absolute atomic E-state index is 13.0. The number of sulfone groups is 1. The Morgan fingerprint density at radius 1 is 1.03 bits per heavy atom. The fourth-order valence-electron chi connectivity index (χ4n) is 3.50. The molecule has 1 N–H and O–H groups in total. The van der Waals surface area contributed by atoms with Gasteiger partial charge >= 0.3 is 0 Å². The molecule has 3 aromatic carbocycles. The van der Waals surface area contributed by atoms with Crippen molar-refractivity contribution in [1.29, 1.82) is 0 Å². The zero-order chi connectivity index (χ0) is 21.9. The average Bonchev–Trinajstić information content (AvgIpc) is 3.13. The number of hydrogen-bond acceptors (Lipinski definition) is 6. The van der Waals surface area contributed by atoms with Crippen LogP contribution in [0.5, 0.6) is 0 Å². The third-order valence-electron chi connectivity index (χ3n) is 5.09. The molecule has 0 atom stereocenters. The first-order valence-corrected chi connectivity index (χ1v) is 11.8. The second-order valence-corrected chi connectivity index (χ2v) is 10.4. The number of nitrogens with zero attached hydrogens (tertiary/aromatic N) is 1. The van der Waals surface area contributed by atoms with Crippen LogP contribution in [0.15, 0.2) is 64.4 Å². The maximum atomic E-state index is 13.0. The lowest BCUT2D eigenvalue weighted by atomic mass is 10.0. The lowest BCUT2D eigenvalue weighted by molar-refractivity contribution is 0.101. The minimum absolute atomic E-state index is 0.0523. The SMILES string of the molecule is Cc1cc2sc(NC(=O)c3ccc4c(c3)S(=O)(=O)c3ccccc3C4=O)nc2cc1Cl. The highest BCUT2D eigenvalue weighted by Crippen LogP contribution is 2.35. The van der Waals surface area contributed by atoms with Gasteiger partial charge in [-0.1, -0.05) is 35.1 Å². The molecule has 154 valence electrons. The zero-order valence-electron chi connectivity index (χ0n) is 16.0. The maximum Gasteiger partial charge on any atom is 0.257 e. The minimum Gasteiger partial charge on any atom is -0.298 e. The van der Waals surface area contributed by atoms with Gasteiger partial charge in [0.15, 0.2) is 10.9 Å². The molecular formula is C22H13ClN2O4S2. The van der Waals surface area contributed by atoms with E-state index < -0.39 is 15.7 Å². The average molecular weight is 469 g/mol. The largest absolute Gasteiger partial charge is 0.298 e. The van der Waals surface area contributed by atoms with Gasteiger partial charge in [-0.25, -0.2) is 13.4 Å². The molecule has 0 saturated heterocycles. The van der Waals surface area contributed by atoms with Gasteiger partial charge in [-0.3, -0.25) is 14.9 Å². The van der Waals surface area contributed by atoms with Crippen LogP contribution in [0.2, 0.25) is 5.02 Å². The second kappa shape index (κ2) is 6.98. The number of rotatable bonds is 2. The molecule has 1 aromatic heterocycles. The lowest BCUT2D eigenvalue weighted by Gasteiger charge is -2.19. The number of benzene rings is 3. The first-order chi connectivity index (χ1) is 14.8. The summed E-state index contributed by atoms with van der Waals surface area (Å²) in [5.74, 6) is -0.906. The number of halogens is 1. The number of hydrogen-bond donors (Lipinski definition) is 1. The van der Waals surface area contributed by atoms with Crippen LogP contribution in [-0.4, -0.2) is 25.1 Å². The van der Waals surface area contributed by atoms with E-state index in [0.717, 1.165) is 10.3 Å². The summed E-state index contributed by atoms with van der Waals surface area (Å²) in [6, 6.07) is 13.7. The number of carbonyl (C=O) groups is 2. The van der Waals surface area contributed by atoms with E-state index in [1.165, 1.54) is 41.7 Å². The summed E-state index contributed by atoms with van der Waals surface area (Å²) >= 11 is 7.42. The Hall–Kier alpha value is -3.07. The Morgan fingerprint density at radius 2 is 1.77 bits per heavy atom. The van der Waals surface area contributed by atoms with Crippen LogP contribution >= 0.6 is 22.9 Å². The van der Waals surface area contributed by atoms with Crippen molar-refractivity contribution in [2.45, 2.75) is 16.7 Å². The van der Waals surface area contributed by atoms with Crippen LogP contribution in [0.25, 0.3) is 10.2 Å². The molecule has 0 spiro atoms. The summed E-state index contributed by atoms with van der Waals surface area (Å²) in [5, 5.41) is 3.65. The van der Waals surface area contributed by atoms with Crippen molar-refractivity contribution in [2.24, 2.45) is 0 Å². The lowest BCUT2D eigenvalue weighted by Crippen LogP contribution is -2.21. The van der Waals surface area contributed by atoms with E-state index >= 15 is 0 Å². The molecule has 1 aliphatic heterocycles. The summed E-state index contributed by atoms with van der Waals surface area (Å²) in [4.78, 5) is 29.7. The van der Waals surface area contributed by atoms with Crippen molar-refractivity contribution in [3.8, 4) is 0 Å². The monoisotopic (exact) mass is 468 g/mol. The molecule has 6 nitrogen and oxygen atoms in total. The molecule has 2 heterocycles. The number of ketones is 1. The number of anilines is 1. The highest BCUT2D eigenvalue weighted by molar-refractivity contribution is 7.91.